The first-order valence-corrected chi connectivity index (χ1v) is 6.87. The van der Waals surface area contributed by atoms with Crippen molar-refractivity contribution in [2.45, 2.75) is 13.8 Å². The summed E-state index contributed by atoms with van der Waals surface area (Å²) >= 11 is 0. The molecule has 2 aromatic carbocycles. The number of anilines is 1. The highest BCUT2D eigenvalue weighted by Crippen LogP contribution is 2.25. The number of rotatable bonds is 5. The third-order valence-corrected chi connectivity index (χ3v) is 3.48. The van der Waals surface area contributed by atoms with Gasteiger partial charge in [-0.3, -0.25) is 4.79 Å². The van der Waals surface area contributed by atoms with Crippen LogP contribution < -0.4 is 4.90 Å². The number of carbonyl (C=O) groups excluding carboxylic acids is 1. The molecule has 0 heterocycles. The molecule has 0 N–H and O–H groups in total. The number of hydrogen-bond acceptors (Lipinski definition) is 2. The maximum atomic E-state index is 12.6. The highest BCUT2D eigenvalue weighted by atomic mass is 16.1. The fraction of sp³-hybridized carbons (Fsp3) is 0.278. The zero-order valence-electron chi connectivity index (χ0n) is 12.3. The van der Waals surface area contributed by atoms with Gasteiger partial charge in [0.25, 0.3) is 0 Å². The molecule has 0 saturated heterocycles. The summed E-state index contributed by atoms with van der Waals surface area (Å²) in [5.41, 5.74) is 1.48. The predicted octanol–water partition coefficient (Wildman–Crippen LogP) is 4.03. The Morgan fingerprint density at radius 2 is 1.45 bits per heavy atom. The Kier molecular flexibility index (Phi) is 4.23. The van der Waals surface area contributed by atoms with Crippen molar-refractivity contribution in [1.29, 1.82) is 0 Å². The zero-order chi connectivity index (χ0) is 14.6. The number of carbonyl (C=O) groups is 1. The van der Waals surface area contributed by atoms with Gasteiger partial charge < -0.3 is 4.90 Å². The average molecular weight is 267 g/mol. The van der Waals surface area contributed by atoms with Crippen LogP contribution in [-0.2, 0) is 0 Å². The quantitative estimate of drug-likeness (QED) is 0.762. The number of hydrogen-bond donors (Lipinski definition) is 0. The standard InChI is InChI=1S/C18H21NO/c1-18(2,17(20)15-10-6-4-7-11-15)14-19(3)16-12-8-5-9-13-16/h4-13H,14H2,1-3H3. The lowest BCUT2D eigenvalue weighted by Crippen LogP contribution is -2.37. The smallest absolute Gasteiger partial charge is 0.170 e. The molecule has 2 heteroatoms. The third-order valence-electron chi connectivity index (χ3n) is 3.48. The monoisotopic (exact) mass is 267 g/mol. The van der Waals surface area contributed by atoms with Crippen LogP contribution in [0, 0.1) is 5.41 Å². The Morgan fingerprint density at radius 3 is 2.00 bits per heavy atom. The Labute approximate surface area is 121 Å². The fourth-order valence-corrected chi connectivity index (χ4v) is 2.42. The molecule has 0 unspecified atom stereocenters. The van der Waals surface area contributed by atoms with Gasteiger partial charge in [0.15, 0.2) is 5.78 Å². The number of benzene rings is 2. The van der Waals surface area contributed by atoms with E-state index in [9.17, 15) is 4.79 Å². The van der Waals surface area contributed by atoms with E-state index in [-0.39, 0.29) is 5.78 Å². The average Bonchev–Trinajstić information content (AvgIpc) is 2.48. The molecule has 2 rings (SSSR count). The molecule has 0 aliphatic rings. The maximum absolute atomic E-state index is 12.6. The first-order valence-electron chi connectivity index (χ1n) is 6.87. The van der Waals surface area contributed by atoms with Crippen LogP contribution in [0.2, 0.25) is 0 Å². The lowest BCUT2D eigenvalue weighted by molar-refractivity contribution is 0.0846. The number of ketones is 1. The molecule has 0 amide bonds. The first-order chi connectivity index (χ1) is 9.50. The molecule has 104 valence electrons. The molecule has 2 aromatic rings. The van der Waals surface area contributed by atoms with Gasteiger partial charge in [-0.15, -0.1) is 0 Å². The van der Waals surface area contributed by atoms with Crippen molar-refractivity contribution in [3.05, 3.63) is 66.2 Å². The van der Waals surface area contributed by atoms with Crippen molar-refractivity contribution in [2.24, 2.45) is 5.41 Å². The van der Waals surface area contributed by atoms with Gasteiger partial charge in [-0.1, -0.05) is 62.4 Å². The molecule has 0 spiro atoms. The van der Waals surface area contributed by atoms with Gasteiger partial charge in [-0.2, -0.15) is 0 Å². The fourth-order valence-electron chi connectivity index (χ4n) is 2.42. The van der Waals surface area contributed by atoms with Gasteiger partial charge in [-0.05, 0) is 12.1 Å². The minimum atomic E-state index is -0.425. The van der Waals surface area contributed by atoms with Crippen LogP contribution in [0.5, 0.6) is 0 Å². The molecular weight excluding hydrogens is 246 g/mol. The Hall–Kier alpha value is -2.09. The maximum Gasteiger partial charge on any atom is 0.170 e. The van der Waals surface area contributed by atoms with Crippen molar-refractivity contribution in [2.75, 3.05) is 18.5 Å². The molecule has 0 atom stereocenters. The van der Waals surface area contributed by atoms with Gasteiger partial charge in [-0.25, -0.2) is 0 Å². The molecule has 0 aliphatic heterocycles. The SMILES string of the molecule is CN(CC(C)(C)C(=O)c1ccccc1)c1ccccc1. The first kappa shape index (κ1) is 14.3. The van der Waals surface area contributed by atoms with E-state index >= 15 is 0 Å². The minimum absolute atomic E-state index is 0.181. The van der Waals surface area contributed by atoms with E-state index in [1.54, 1.807) is 0 Å². The van der Waals surface area contributed by atoms with Gasteiger partial charge in [0, 0.05) is 30.3 Å². The zero-order valence-corrected chi connectivity index (χ0v) is 12.3. The molecule has 0 fully saturated rings. The van der Waals surface area contributed by atoms with Crippen LogP contribution in [0.3, 0.4) is 0 Å². The highest BCUT2D eigenvalue weighted by Gasteiger charge is 2.30. The van der Waals surface area contributed by atoms with Crippen molar-refractivity contribution in [1.82, 2.24) is 0 Å². The summed E-state index contributed by atoms with van der Waals surface area (Å²) in [6.45, 7) is 4.69. The van der Waals surface area contributed by atoms with Crippen LogP contribution >= 0.6 is 0 Å². The lowest BCUT2D eigenvalue weighted by atomic mass is 9.83. The van der Waals surface area contributed by atoms with Crippen LogP contribution in [0.25, 0.3) is 0 Å². The molecular formula is C18H21NO. The van der Waals surface area contributed by atoms with Crippen molar-refractivity contribution in [3.8, 4) is 0 Å². The third kappa shape index (κ3) is 3.27. The van der Waals surface area contributed by atoms with Crippen LogP contribution in [0.1, 0.15) is 24.2 Å². The number of nitrogens with zero attached hydrogens (tertiary/aromatic N) is 1. The normalized spacial score (nSPS) is 11.2. The summed E-state index contributed by atoms with van der Waals surface area (Å²) in [6.07, 6.45) is 0. The van der Waals surface area contributed by atoms with E-state index in [4.69, 9.17) is 0 Å². The van der Waals surface area contributed by atoms with E-state index in [2.05, 4.69) is 17.0 Å². The second-order valence-corrected chi connectivity index (χ2v) is 5.77. The summed E-state index contributed by atoms with van der Waals surface area (Å²) in [6, 6.07) is 19.6. The molecule has 0 aromatic heterocycles. The second-order valence-electron chi connectivity index (χ2n) is 5.77. The van der Waals surface area contributed by atoms with Crippen LogP contribution in [0.15, 0.2) is 60.7 Å². The molecule has 20 heavy (non-hydrogen) atoms. The van der Waals surface area contributed by atoms with Crippen molar-refractivity contribution >= 4 is 11.5 Å². The van der Waals surface area contributed by atoms with Gasteiger partial charge >= 0.3 is 0 Å². The van der Waals surface area contributed by atoms with E-state index in [0.717, 1.165) is 11.3 Å². The lowest BCUT2D eigenvalue weighted by Gasteiger charge is -2.30. The summed E-state index contributed by atoms with van der Waals surface area (Å²) in [4.78, 5) is 14.7. The summed E-state index contributed by atoms with van der Waals surface area (Å²) in [7, 11) is 2.02. The Bertz CT molecular complexity index is 560. The van der Waals surface area contributed by atoms with Crippen LogP contribution in [-0.4, -0.2) is 19.4 Å². The Morgan fingerprint density at radius 1 is 0.950 bits per heavy atom. The molecule has 0 saturated carbocycles. The molecule has 0 bridgehead atoms. The van der Waals surface area contributed by atoms with Gasteiger partial charge in [0.05, 0.1) is 0 Å². The highest BCUT2D eigenvalue weighted by molar-refractivity contribution is 6.00. The van der Waals surface area contributed by atoms with E-state index in [1.807, 2.05) is 69.4 Å². The number of para-hydroxylation sites is 1. The topological polar surface area (TPSA) is 20.3 Å². The van der Waals surface area contributed by atoms with E-state index in [1.165, 1.54) is 0 Å². The largest absolute Gasteiger partial charge is 0.374 e. The van der Waals surface area contributed by atoms with E-state index < -0.39 is 5.41 Å². The molecule has 2 nitrogen and oxygen atoms in total. The van der Waals surface area contributed by atoms with Gasteiger partial charge in [0.1, 0.15) is 0 Å². The summed E-state index contributed by atoms with van der Waals surface area (Å²) in [5, 5.41) is 0. The Balaban J connectivity index is 2.13. The minimum Gasteiger partial charge on any atom is -0.374 e. The molecule has 0 aliphatic carbocycles. The summed E-state index contributed by atoms with van der Waals surface area (Å²) in [5.74, 6) is 0.181. The van der Waals surface area contributed by atoms with Crippen molar-refractivity contribution in [3.63, 3.8) is 0 Å². The number of Topliss-reactive ketones (excluding diaryl/α,β-unsaturated/α-hetero) is 1. The molecule has 0 radical (unpaired) electrons. The second kappa shape index (κ2) is 5.91. The van der Waals surface area contributed by atoms with Crippen LogP contribution in [0.4, 0.5) is 5.69 Å². The summed E-state index contributed by atoms with van der Waals surface area (Å²) < 4.78 is 0. The van der Waals surface area contributed by atoms with E-state index in [0.29, 0.717) is 6.54 Å². The van der Waals surface area contributed by atoms with Gasteiger partial charge in [0.2, 0.25) is 0 Å². The predicted molar refractivity (Wildman–Crippen MR) is 84.3 cm³/mol. The van der Waals surface area contributed by atoms with Crippen molar-refractivity contribution < 1.29 is 4.79 Å².